The Hall–Kier alpha value is -1.86. The average Bonchev–Trinajstić information content (AvgIpc) is 2.91. The molecule has 3 rings (SSSR count). The van der Waals surface area contributed by atoms with Crippen LogP contribution in [0.3, 0.4) is 0 Å². The molecule has 0 atom stereocenters. The molecular weight excluding hydrogens is 322 g/mol. The Morgan fingerprint density at radius 2 is 1.77 bits per heavy atom. The predicted octanol–water partition coefficient (Wildman–Crippen LogP) is 3.79. The lowest BCUT2D eigenvalue weighted by atomic mass is 9.64. The largest absolute Gasteiger partial charge is 0.341 e. The molecule has 4 heteroatoms. The summed E-state index contributed by atoms with van der Waals surface area (Å²) in [4.78, 5) is 16.9. The van der Waals surface area contributed by atoms with Crippen molar-refractivity contribution in [2.24, 2.45) is 10.8 Å². The highest BCUT2D eigenvalue weighted by Gasteiger charge is 2.50. The predicted molar refractivity (Wildman–Crippen MR) is 103 cm³/mol. The maximum Gasteiger partial charge on any atom is 0.223 e. The zero-order chi connectivity index (χ0) is 19.0. The van der Waals surface area contributed by atoms with E-state index < -0.39 is 5.41 Å². The Bertz CT molecular complexity index is 694. The van der Waals surface area contributed by atoms with Gasteiger partial charge in [0.15, 0.2) is 0 Å². The van der Waals surface area contributed by atoms with Gasteiger partial charge in [0.1, 0.15) is 0 Å². The number of amides is 1. The molecule has 1 saturated heterocycles. The molecule has 1 heterocycles. The Kier molecular flexibility index (Phi) is 4.88. The van der Waals surface area contributed by atoms with Gasteiger partial charge in [-0.2, -0.15) is 5.26 Å². The average molecular weight is 354 g/mol. The van der Waals surface area contributed by atoms with Crippen LogP contribution in [-0.2, 0) is 10.3 Å². The van der Waals surface area contributed by atoms with Gasteiger partial charge in [-0.1, -0.05) is 30.3 Å². The standard InChI is InChI=1S/C22H31N3O/c1-20(2,15-23)16-25-17-21(14-19(25)26)10-12-22(13-11-21,24(3)4)18-8-6-5-7-9-18/h5-9H,10-14,16-17H2,1-4H3/t21-,22-. The van der Waals surface area contributed by atoms with Crippen molar-refractivity contribution in [1.82, 2.24) is 9.80 Å². The van der Waals surface area contributed by atoms with Crippen LogP contribution >= 0.6 is 0 Å². The van der Waals surface area contributed by atoms with Gasteiger partial charge in [-0.15, -0.1) is 0 Å². The third kappa shape index (κ3) is 3.38. The van der Waals surface area contributed by atoms with Gasteiger partial charge < -0.3 is 4.90 Å². The van der Waals surface area contributed by atoms with Crippen molar-refractivity contribution in [2.45, 2.75) is 51.5 Å². The van der Waals surface area contributed by atoms with Gasteiger partial charge in [0.25, 0.3) is 0 Å². The van der Waals surface area contributed by atoms with Crippen molar-refractivity contribution < 1.29 is 4.79 Å². The lowest BCUT2D eigenvalue weighted by Gasteiger charge is -2.49. The fraction of sp³-hybridized carbons (Fsp3) is 0.636. The molecule has 140 valence electrons. The van der Waals surface area contributed by atoms with Gasteiger partial charge in [-0.25, -0.2) is 0 Å². The van der Waals surface area contributed by atoms with E-state index in [4.69, 9.17) is 0 Å². The molecule has 1 aliphatic heterocycles. The minimum atomic E-state index is -0.479. The fourth-order valence-corrected chi connectivity index (χ4v) is 4.91. The number of nitrogens with zero attached hydrogens (tertiary/aromatic N) is 3. The Morgan fingerprint density at radius 3 is 2.31 bits per heavy atom. The van der Waals surface area contributed by atoms with E-state index in [2.05, 4.69) is 55.4 Å². The van der Waals surface area contributed by atoms with E-state index in [0.717, 1.165) is 32.2 Å². The summed E-state index contributed by atoms with van der Waals surface area (Å²) in [6, 6.07) is 13.1. The molecule has 4 nitrogen and oxygen atoms in total. The summed E-state index contributed by atoms with van der Waals surface area (Å²) >= 11 is 0. The van der Waals surface area contributed by atoms with Crippen LogP contribution in [0, 0.1) is 22.2 Å². The van der Waals surface area contributed by atoms with Gasteiger partial charge in [-0.3, -0.25) is 9.69 Å². The van der Waals surface area contributed by atoms with Gasteiger partial charge >= 0.3 is 0 Å². The van der Waals surface area contributed by atoms with Crippen molar-refractivity contribution in [1.29, 1.82) is 5.26 Å². The van der Waals surface area contributed by atoms with Crippen LogP contribution < -0.4 is 0 Å². The van der Waals surface area contributed by atoms with Gasteiger partial charge in [0.05, 0.1) is 11.5 Å². The maximum absolute atomic E-state index is 12.6. The van der Waals surface area contributed by atoms with E-state index in [-0.39, 0.29) is 16.9 Å². The van der Waals surface area contributed by atoms with Crippen LogP contribution in [-0.4, -0.2) is 42.9 Å². The maximum atomic E-state index is 12.6. The SMILES string of the molecule is CN(C)[C@]1(c2ccccc2)CC[C@@]2(CC1)CC(=O)N(CC(C)(C)C#N)C2. The van der Waals surface area contributed by atoms with Crippen molar-refractivity contribution >= 4 is 5.91 Å². The summed E-state index contributed by atoms with van der Waals surface area (Å²) in [5, 5.41) is 9.30. The number of likely N-dealkylation sites (tertiary alicyclic amines) is 1. The summed E-state index contributed by atoms with van der Waals surface area (Å²) in [6.45, 7) is 5.19. The normalized spacial score (nSPS) is 29.4. The van der Waals surface area contributed by atoms with Gasteiger partial charge in [0, 0.05) is 25.0 Å². The molecule has 0 unspecified atom stereocenters. The van der Waals surface area contributed by atoms with Crippen LogP contribution in [0.5, 0.6) is 0 Å². The van der Waals surface area contributed by atoms with E-state index >= 15 is 0 Å². The number of benzene rings is 1. The molecule has 0 aromatic heterocycles. The highest BCUT2D eigenvalue weighted by molar-refractivity contribution is 5.79. The fourth-order valence-electron chi connectivity index (χ4n) is 4.91. The number of carbonyl (C=O) groups is 1. The van der Waals surface area contributed by atoms with E-state index in [1.54, 1.807) is 0 Å². The Balaban J connectivity index is 1.75. The molecule has 1 aliphatic carbocycles. The minimum absolute atomic E-state index is 0.0644. The summed E-state index contributed by atoms with van der Waals surface area (Å²) in [6.07, 6.45) is 4.93. The van der Waals surface area contributed by atoms with E-state index in [9.17, 15) is 10.1 Å². The smallest absolute Gasteiger partial charge is 0.223 e. The molecule has 2 aliphatic rings. The molecule has 0 bridgehead atoms. The molecule has 0 radical (unpaired) electrons. The van der Waals surface area contributed by atoms with Crippen LogP contribution in [0.4, 0.5) is 0 Å². The number of carbonyl (C=O) groups excluding carboxylic acids is 1. The van der Waals surface area contributed by atoms with Crippen molar-refractivity contribution in [3.63, 3.8) is 0 Å². The molecule has 1 aromatic rings. The first-order valence-corrected chi connectivity index (χ1v) is 9.64. The molecule has 0 N–H and O–H groups in total. The molecule has 1 aromatic carbocycles. The van der Waals surface area contributed by atoms with Crippen LogP contribution in [0.25, 0.3) is 0 Å². The lowest BCUT2D eigenvalue weighted by Crippen LogP contribution is -2.47. The van der Waals surface area contributed by atoms with E-state index in [1.807, 2.05) is 18.7 Å². The molecular formula is C22H31N3O. The first-order chi connectivity index (χ1) is 12.2. The third-order valence-corrected chi connectivity index (χ3v) is 6.60. The lowest BCUT2D eigenvalue weighted by molar-refractivity contribution is -0.128. The minimum Gasteiger partial charge on any atom is -0.341 e. The van der Waals surface area contributed by atoms with Gasteiger partial charge in [0.2, 0.25) is 5.91 Å². The summed E-state index contributed by atoms with van der Waals surface area (Å²) < 4.78 is 0. The van der Waals surface area contributed by atoms with E-state index in [0.29, 0.717) is 13.0 Å². The monoisotopic (exact) mass is 353 g/mol. The summed E-state index contributed by atoms with van der Waals surface area (Å²) in [5.74, 6) is 0.227. The number of hydrogen-bond donors (Lipinski definition) is 0. The Morgan fingerprint density at radius 1 is 1.15 bits per heavy atom. The first-order valence-electron chi connectivity index (χ1n) is 9.64. The number of nitriles is 1. The molecule has 1 amide bonds. The summed E-state index contributed by atoms with van der Waals surface area (Å²) in [5.41, 5.74) is 1.06. The van der Waals surface area contributed by atoms with Crippen LogP contribution in [0.2, 0.25) is 0 Å². The number of rotatable bonds is 4. The third-order valence-electron chi connectivity index (χ3n) is 6.60. The molecule has 1 saturated carbocycles. The molecule has 26 heavy (non-hydrogen) atoms. The second-order valence-corrected chi connectivity index (χ2v) is 9.21. The van der Waals surface area contributed by atoms with Crippen molar-refractivity contribution in [3.05, 3.63) is 35.9 Å². The van der Waals surface area contributed by atoms with Crippen LogP contribution in [0.1, 0.15) is 51.5 Å². The Labute approximate surface area is 157 Å². The quantitative estimate of drug-likeness (QED) is 0.827. The van der Waals surface area contributed by atoms with Crippen molar-refractivity contribution in [3.8, 4) is 6.07 Å². The van der Waals surface area contributed by atoms with E-state index in [1.165, 1.54) is 5.56 Å². The molecule has 1 spiro atoms. The number of hydrogen-bond acceptors (Lipinski definition) is 3. The summed E-state index contributed by atoms with van der Waals surface area (Å²) in [7, 11) is 4.35. The highest BCUT2D eigenvalue weighted by atomic mass is 16.2. The first kappa shape index (κ1) is 18.9. The topological polar surface area (TPSA) is 47.3 Å². The zero-order valence-corrected chi connectivity index (χ0v) is 16.6. The second-order valence-electron chi connectivity index (χ2n) is 9.21. The molecule has 2 fully saturated rings. The van der Waals surface area contributed by atoms with Gasteiger partial charge in [-0.05, 0) is 64.6 Å². The second kappa shape index (κ2) is 6.70. The highest BCUT2D eigenvalue weighted by Crippen LogP contribution is 2.52. The zero-order valence-electron chi connectivity index (χ0n) is 16.6. The van der Waals surface area contributed by atoms with Crippen molar-refractivity contribution in [2.75, 3.05) is 27.2 Å². The van der Waals surface area contributed by atoms with Crippen LogP contribution in [0.15, 0.2) is 30.3 Å².